The molecule has 0 aliphatic carbocycles. The summed E-state index contributed by atoms with van der Waals surface area (Å²) in [6, 6.07) is 1.82. The Balaban J connectivity index is 2.68. The molecule has 0 aliphatic heterocycles. The van der Waals surface area contributed by atoms with E-state index in [2.05, 4.69) is 5.10 Å². The highest BCUT2D eigenvalue weighted by atomic mass is 16.5. The van der Waals surface area contributed by atoms with Gasteiger partial charge in [-0.1, -0.05) is 13.8 Å². The number of hydroxylamine groups is 1. The summed E-state index contributed by atoms with van der Waals surface area (Å²) in [6.07, 6.45) is 5.17. The summed E-state index contributed by atoms with van der Waals surface area (Å²) in [6.45, 7) is 4.58. The molecule has 118 valence electrons. The Hall–Kier alpha value is -1.89. The van der Waals surface area contributed by atoms with Crippen LogP contribution in [0.2, 0.25) is 0 Å². The lowest BCUT2D eigenvalue weighted by atomic mass is 9.81. The van der Waals surface area contributed by atoms with Crippen LogP contribution in [0.1, 0.15) is 33.1 Å². The number of hydrogen-bond acceptors (Lipinski definition) is 4. The second-order valence-corrected chi connectivity index (χ2v) is 5.63. The lowest BCUT2D eigenvalue weighted by molar-refractivity contribution is -0.140. The second kappa shape index (κ2) is 8.41. The van der Waals surface area contributed by atoms with Crippen LogP contribution in [-0.2, 0) is 16.1 Å². The van der Waals surface area contributed by atoms with E-state index in [-0.39, 0.29) is 5.92 Å². The molecule has 2 atom stereocenters. The number of aryl methyl sites for hydroxylation is 1. The van der Waals surface area contributed by atoms with E-state index in [4.69, 9.17) is 10.9 Å². The monoisotopic (exact) mass is 296 g/mol. The molecule has 1 heterocycles. The first kappa shape index (κ1) is 17.2. The van der Waals surface area contributed by atoms with Crippen LogP contribution in [0.4, 0.5) is 0 Å². The number of nitrogens with two attached hydrogens (primary N) is 1. The molecule has 0 unspecified atom stereocenters. The van der Waals surface area contributed by atoms with Crippen molar-refractivity contribution in [3.05, 3.63) is 18.5 Å². The number of rotatable bonds is 9. The zero-order valence-corrected chi connectivity index (χ0v) is 12.5. The largest absolute Gasteiger partial charge is 0.369 e. The van der Waals surface area contributed by atoms with Crippen molar-refractivity contribution in [3.63, 3.8) is 0 Å². The average molecular weight is 296 g/mol. The summed E-state index contributed by atoms with van der Waals surface area (Å²) in [5, 5.41) is 13.0. The van der Waals surface area contributed by atoms with Crippen LogP contribution < -0.4 is 11.2 Å². The molecular formula is C14H24N4O3. The van der Waals surface area contributed by atoms with Crippen LogP contribution in [0.3, 0.4) is 0 Å². The molecule has 7 heteroatoms. The first-order chi connectivity index (χ1) is 9.95. The zero-order valence-electron chi connectivity index (χ0n) is 12.5. The van der Waals surface area contributed by atoms with Crippen molar-refractivity contribution in [3.8, 4) is 0 Å². The van der Waals surface area contributed by atoms with Crippen LogP contribution in [0.25, 0.3) is 0 Å². The Morgan fingerprint density at radius 3 is 2.57 bits per heavy atom. The van der Waals surface area contributed by atoms with Crippen LogP contribution in [0.15, 0.2) is 18.5 Å². The molecule has 1 aromatic heterocycles. The lowest BCUT2D eigenvalue weighted by Gasteiger charge is -2.24. The molecule has 1 rings (SSSR count). The molecule has 21 heavy (non-hydrogen) atoms. The van der Waals surface area contributed by atoms with Gasteiger partial charge in [-0.3, -0.25) is 19.5 Å². The maximum absolute atomic E-state index is 11.8. The number of amides is 2. The van der Waals surface area contributed by atoms with Crippen LogP contribution >= 0.6 is 0 Å². The summed E-state index contributed by atoms with van der Waals surface area (Å²) in [7, 11) is 0. The highest BCUT2D eigenvalue weighted by molar-refractivity contribution is 5.86. The quantitative estimate of drug-likeness (QED) is 0.465. The van der Waals surface area contributed by atoms with Gasteiger partial charge >= 0.3 is 0 Å². The number of carbonyl (C=O) groups excluding carboxylic acids is 2. The highest BCUT2D eigenvalue weighted by Gasteiger charge is 2.32. The lowest BCUT2D eigenvalue weighted by Crippen LogP contribution is -2.40. The molecular weight excluding hydrogens is 272 g/mol. The first-order valence-electron chi connectivity index (χ1n) is 7.16. The number of carbonyl (C=O) groups is 2. The molecule has 0 fully saturated rings. The summed E-state index contributed by atoms with van der Waals surface area (Å²) in [5.41, 5.74) is 7.07. The van der Waals surface area contributed by atoms with E-state index < -0.39 is 23.7 Å². The normalized spacial score (nSPS) is 13.9. The van der Waals surface area contributed by atoms with Gasteiger partial charge in [-0.25, -0.2) is 5.48 Å². The molecule has 7 nitrogen and oxygen atoms in total. The van der Waals surface area contributed by atoms with Gasteiger partial charge in [0.15, 0.2) is 0 Å². The Bertz CT molecular complexity index is 445. The third kappa shape index (κ3) is 5.55. The fourth-order valence-electron chi connectivity index (χ4n) is 2.49. The molecule has 0 saturated heterocycles. The Kier molecular flexibility index (Phi) is 6.87. The second-order valence-electron chi connectivity index (χ2n) is 5.63. The van der Waals surface area contributed by atoms with Gasteiger partial charge < -0.3 is 5.73 Å². The third-order valence-corrected chi connectivity index (χ3v) is 3.48. The standard InChI is InChI=1S/C14H24N4O3/c1-10(2)9-12(13(15)19)11(14(20)17-21)5-3-7-18-8-4-6-16-18/h4,6,8,10-12,21H,3,5,7,9H2,1-2H3,(H2,15,19)(H,17,20)/t11-,12+/m0/s1. The number of nitrogens with zero attached hydrogens (tertiary/aromatic N) is 2. The minimum atomic E-state index is -0.620. The first-order valence-corrected chi connectivity index (χ1v) is 7.16. The molecule has 0 bridgehead atoms. The van der Waals surface area contributed by atoms with Crippen molar-refractivity contribution in [1.29, 1.82) is 0 Å². The van der Waals surface area contributed by atoms with Crippen molar-refractivity contribution in [2.24, 2.45) is 23.5 Å². The number of hydrogen-bond donors (Lipinski definition) is 3. The summed E-state index contributed by atoms with van der Waals surface area (Å²) in [5.74, 6) is -2.01. The Labute approximate surface area is 124 Å². The fraction of sp³-hybridized carbons (Fsp3) is 0.643. The van der Waals surface area contributed by atoms with Crippen molar-refractivity contribution in [1.82, 2.24) is 15.3 Å². The fourth-order valence-corrected chi connectivity index (χ4v) is 2.49. The molecule has 1 aromatic rings. The number of aromatic nitrogens is 2. The topological polar surface area (TPSA) is 110 Å². The van der Waals surface area contributed by atoms with E-state index in [1.807, 2.05) is 26.1 Å². The van der Waals surface area contributed by atoms with Gasteiger partial charge in [-0.15, -0.1) is 0 Å². The van der Waals surface area contributed by atoms with Crippen molar-refractivity contribution in [2.45, 2.75) is 39.7 Å². The van der Waals surface area contributed by atoms with Crippen LogP contribution in [-0.4, -0.2) is 26.8 Å². The maximum Gasteiger partial charge on any atom is 0.247 e. The molecule has 0 aliphatic rings. The highest BCUT2D eigenvalue weighted by Crippen LogP contribution is 2.25. The Morgan fingerprint density at radius 2 is 2.10 bits per heavy atom. The third-order valence-electron chi connectivity index (χ3n) is 3.48. The molecule has 0 radical (unpaired) electrons. The van der Waals surface area contributed by atoms with Crippen LogP contribution in [0.5, 0.6) is 0 Å². The minimum Gasteiger partial charge on any atom is -0.369 e. The van der Waals surface area contributed by atoms with Crippen molar-refractivity contribution in [2.75, 3.05) is 0 Å². The van der Waals surface area contributed by atoms with Gasteiger partial charge in [0.2, 0.25) is 11.8 Å². The van der Waals surface area contributed by atoms with Gasteiger partial charge in [-0.2, -0.15) is 5.10 Å². The van der Waals surface area contributed by atoms with Gasteiger partial charge in [0.25, 0.3) is 0 Å². The van der Waals surface area contributed by atoms with E-state index in [9.17, 15) is 9.59 Å². The van der Waals surface area contributed by atoms with Gasteiger partial charge in [0.05, 0.1) is 5.92 Å². The van der Waals surface area contributed by atoms with E-state index in [0.717, 1.165) is 0 Å². The van der Waals surface area contributed by atoms with Crippen LogP contribution in [0, 0.1) is 17.8 Å². The van der Waals surface area contributed by atoms with Crippen molar-refractivity contribution >= 4 is 11.8 Å². The molecule has 2 amide bonds. The molecule has 0 aromatic carbocycles. The smallest absolute Gasteiger partial charge is 0.247 e. The van der Waals surface area contributed by atoms with E-state index >= 15 is 0 Å². The summed E-state index contributed by atoms with van der Waals surface area (Å²) < 4.78 is 1.76. The SMILES string of the molecule is CC(C)C[C@@H](C(N)=O)[C@H](CCCn1cccn1)C(=O)NO. The summed E-state index contributed by atoms with van der Waals surface area (Å²) >= 11 is 0. The van der Waals surface area contributed by atoms with Crippen molar-refractivity contribution < 1.29 is 14.8 Å². The predicted molar refractivity (Wildman–Crippen MR) is 77.0 cm³/mol. The van der Waals surface area contributed by atoms with E-state index in [1.165, 1.54) is 0 Å². The molecule has 0 saturated carbocycles. The molecule has 4 N–H and O–H groups in total. The van der Waals surface area contributed by atoms with Gasteiger partial charge in [0, 0.05) is 24.9 Å². The Morgan fingerprint density at radius 1 is 1.38 bits per heavy atom. The van der Waals surface area contributed by atoms with E-state index in [1.54, 1.807) is 16.4 Å². The van der Waals surface area contributed by atoms with Gasteiger partial charge in [-0.05, 0) is 31.2 Å². The zero-order chi connectivity index (χ0) is 15.8. The number of primary amides is 1. The maximum atomic E-state index is 11.8. The van der Waals surface area contributed by atoms with Gasteiger partial charge in [0.1, 0.15) is 0 Å². The average Bonchev–Trinajstić information content (AvgIpc) is 2.93. The predicted octanol–water partition coefficient (Wildman–Crippen LogP) is 0.933. The molecule has 0 spiro atoms. The minimum absolute atomic E-state index is 0.239. The van der Waals surface area contributed by atoms with E-state index in [0.29, 0.717) is 25.8 Å². The summed E-state index contributed by atoms with van der Waals surface area (Å²) in [4.78, 5) is 23.5. The number of nitrogens with one attached hydrogen (secondary N) is 1.